The standard InChI is InChI=1S/C12H28N2.2C2H4O2/c1-11(2)5-7-13-9-10-14-8-6-12(3)4;2*1-2(3)4/h11-14H,5-10H2,1-4H3;2*1H3,(H,3,4). The highest BCUT2D eigenvalue weighted by atomic mass is 16.4. The molecule has 0 aliphatic heterocycles. The van der Waals surface area contributed by atoms with E-state index in [2.05, 4.69) is 38.3 Å². The van der Waals surface area contributed by atoms with E-state index < -0.39 is 11.9 Å². The first-order valence-electron chi connectivity index (χ1n) is 7.90. The van der Waals surface area contributed by atoms with Crippen molar-refractivity contribution < 1.29 is 19.8 Å². The van der Waals surface area contributed by atoms with Crippen molar-refractivity contribution in [1.82, 2.24) is 10.6 Å². The van der Waals surface area contributed by atoms with Crippen molar-refractivity contribution in [3.63, 3.8) is 0 Å². The van der Waals surface area contributed by atoms with Crippen molar-refractivity contribution in [2.24, 2.45) is 11.8 Å². The van der Waals surface area contributed by atoms with Crippen molar-refractivity contribution in [3.05, 3.63) is 0 Å². The quantitative estimate of drug-likeness (QED) is 0.487. The number of carbonyl (C=O) groups is 2. The van der Waals surface area contributed by atoms with Crippen molar-refractivity contribution in [1.29, 1.82) is 0 Å². The molecule has 0 heterocycles. The van der Waals surface area contributed by atoms with Gasteiger partial charge in [-0.2, -0.15) is 0 Å². The molecule has 0 fully saturated rings. The highest BCUT2D eigenvalue weighted by molar-refractivity contribution is 5.63. The largest absolute Gasteiger partial charge is 0.481 e. The number of carboxylic acids is 2. The summed E-state index contributed by atoms with van der Waals surface area (Å²) >= 11 is 0. The zero-order chi connectivity index (χ0) is 18.0. The number of hydrogen-bond donors (Lipinski definition) is 4. The average Bonchev–Trinajstić information content (AvgIpc) is 2.30. The van der Waals surface area contributed by atoms with Gasteiger partial charge in [-0.15, -0.1) is 0 Å². The Morgan fingerprint density at radius 2 is 0.955 bits per heavy atom. The van der Waals surface area contributed by atoms with Crippen LogP contribution in [-0.2, 0) is 9.59 Å². The van der Waals surface area contributed by atoms with Gasteiger partial charge in [0.1, 0.15) is 0 Å². The van der Waals surface area contributed by atoms with Gasteiger partial charge in [-0.3, -0.25) is 9.59 Å². The molecule has 0 aromatic heterocycles. The molecule has 4 N–H and O–H groups in total. The number of aliphatic carboxylic acids is 2. The second kappa shape index (κ2) is 19.9. The summed E-state index contributed by atoms with van der Waals surface area (Å²) in [6.45, 7) is 15.7. The van der Waals surface area contributed by atoms with E-state index in [9.17, 15) is 0 Å². The smallest absolute Gasteiger partial charge is 0.300 e. The Balaban J connectivity index is -0.000000372. The van der Waals surface area contributed by atoms with Crippen LogP contribution in [-0.4, -0.2) is 48.3 Å². The number of carboxylic acid groups (broad SMARTS) is 2. The third-order valence-electron chi connectivity index (χ3n) is 2.28. The van der Waals surface area contributed by atoms with Crippen LogP contribution in [0.25, 0.3) is 0 Å². The Labute approximate surface area is 135 Å². The van der Waals surface area contributed by atoms with Gasteiger partial charge in [-0.1, -0.05) is 27.7 Å². The Kier molecular flexibility index (Phi) is 23.3. The number of hydrogen-bond acceptors (Lipinski definition) is 4. The van der Waals surface area contributed by atoms with Crippen LogP contribution in [0.5, 0.6) is 0 Å². The summed E-state index contributed by atoms with van der Waals surface area (Å²) in [6, 6.07) is 0. The molecule has 0 saturated carbocycles. The molecule has 0 unspecified atom stereocenters. The molecule has 0 atom stereocenters. The summed E-state index contributed by atoms with van der Waals surface area (Å²) < 4.78 is 0. The van der Waals surface area contributed by atoms with Crippen molar-refractivity contribution >= 4 is 11.9 Å². The van der Waals surface area contributed by atoms with Gasteiger partial charge in [0.15, 0.2) is 0 Å². The molecule has 0 aliphatic carbocycles. The predicted octanol–water partition coefficient (Wildman–Crippen LogP) is 2.44. The molecular weight excluding hydrogens is 284 g/mol. The summed E-state index contributed by atoms with van der Waals surface area (Å²) in [5, 5.41) is 21.7. The van der Waals surface area contributed by atoms with Crippen LogP contribution < -0.4 is 10.6 Å². The van der Waals surface area contributed by atoms with Crippen LogP contribution in [0.2, 0.25) is 0 Å². The minimum atomic E-state index is -0.833. The maximum absolute atomic E-state index is 9.00. The molecule has 22 heavy (non-hydrogen) atoms. The molecule has 0 aromatic carbocycles. The molecule has 0 aromatic rings. The lowest BCUT2D eigenvalue weighted by Gasteiger charge is -2.08. The highest BCUT2D eigenvalue weighted by Gasteiger charge is 1.94. The lowest BCUT2D eigenvalue weighted by atomic mass is 10.1. The van der Waals surface area contributed by atoms with Gasteiger partial charge >= 0.3 is 0 Å². The molecule has 6 heteroatoms. The average molecular weight is 320 g/mol. The summed E-state index contributed by atoms with van der Waals surface area (Å²) in [7, 11) is 0. The Morgan fingerprint density at radius 3 is 1.14 bits per heavy atom. The fourth-order valence-electron chi connectivity index (χ4n) is 1.21. The van der Waals surface area contributed by atoms with Crippen LogP contribution in [0.1, 0.15) is 54.4 Å². The van der Waals surface area contributed by atoms with E-state index in [4.69, 9.17) is 19.8 Å². The molecule has 0 aliphatic rings. The second-order valence-corrected chi connectivity index (χ2v) is 5.90. The minimum absolute atomic E-state index is 0.816. The third kappa shape index (κ3) is 61.9. The summed E-state index contributed by atoms with van der Waals surface area (Å²) in [5.74, 6) is -0.0344. The van der Waals surface area contributed by atoms with Gasteiger partial charge in [0.25, 0.3) is 11.9 Å². The Morgan fingerprint density at radius 1 is 0.727 bits per heavy atom. The van der Waals surface area contributed by atoms with E-state index in [0.29, 0.717) is 0 Å². The van der Waals surface area contributed by atoms with Crippen LogP contribution in [0.4, 0.5) is 0 Å². The Hall–Kier alpha value is -1.14. The first-order chi connectivity index (χ1) is 10.1. The van der Waals surface area contributed by atoms with Gasteiger partial charge in [-0.25, -0.2) is 0 Å². The first-order valence-corrected chi connectivity index (χ1v) is 7.90. The lowest BCUT2D eigenvalue weighted by Crippen LogP contribution is -2.29. The maximum Gasteiger partial charge on any atom is 0.300 e. The van der Waals surface area contributed by atoms with Gasteiger partial charge < -0.3 is 20.8 Å². The minimum Gasteiger partial charge on any atom is -0.481 e. The number of rotatable bonds is 9. The van der Waals surface area contributed by atoms with Gasteiger partial charge in [-0.05, 0) is 37.8 Å². The molecule has 0 spiro atoms. The van der Waals surface area contributed by atoms with Crippen LogP contribution in [0, 0.1) is 11.8 Å². The van der Waals surface area contributed by atoms with E-state index >= 15 is 0 Å². The van der Waals surface area contributed by atoms with E-state index in [0.717, 1.165) is 51.9 Å². The van der Waals surface area contributed by atoms with Crippen LogP contribution >= 0.6 is 0 Å². The molecule has 0 rings (SSSR count). The van der Waals surface area contributed by atoms with E-state index in [1.165, 1.54) is 12.8 Å². The highest BCUT2D eigenvalue weighted by Crippen LogP contribution is 1.96. The molecule has 6 nitrogen and oxygen atoms in total. The molecule has 0 saturated heterocycles. The topological polar surface area (TPSA) is 98.7 Å². The summed E-state index contributed by atoms with van der Waals surface area (Å²) in [5.41, 5.74) is 0. The summed E-state index contributed by atoms with van der Waals surface area (Å²) in [6.07, 6.45) is 2.57. The fraction of sp³-hybridized carbons (Fsp3) is 0.875. The van der Waals surface area contributed by atoms with E-state index in [1.54, 1.807) is 0 Å². The number of nitrogens with one attached hydrogen (secondary N) is 2. The zero-order valence-corrected chi connectivity index (χ0v) is 15.1. The zero-order valence-electron chi connectivity index (χ0n) is 15.1. The second-order valence-electron chi connectivity index (χ2n) is 5.90. The molecule has 134 valence electrons. The molecule has 0 bridgehead atoms. The predicted molar refractivity (Wildman–Crippen MR) is 91.3 cm³/mol. The van der Waals surface area contributed by atoms with Crippen molar-refractivity contribution in [2.45, 2.75) is 54.4 Å². The van der Waals surface area contributed by atoms with Crippen molar-refractivity contribution in [2.75, 3.05) is 26.2 Å². The van der Waals surface area contributed by atoms with E-state index in [-0.39, 0.29) is 0 Å². The van der Waals surface area contributed by atoms with Crippen LogP contribution in [0.15, 0.2) is 0 Å². The molecule has 0 radical (unpaired) electrons. The Bertz CT molecular complexity index is 223. The monoisotopic (exact) mass is 320 g/mol. The summed E-state index contributed by atoms with van der Waals surface area (Å²) in [4.78, 5) is 18.0. The normalized spacial score (nSPS) is 9.64. The van der Waals surface area contributed by atoms with E-state index in [1.807, 2.05) is 0 Å². The third-order valence-corrected chi connectivity index (χ3v) is 2.28. The van der Waals surface area contributed by atoms with Gasteiger partial charge in [0.2, 0.25) is 0 Å². The maximum atomic E-state index is 9.00. The fourth-order valence-corrected chi connectivity index (χ4v) is 1.21. The first kappa shape index (κ1) is 25.8. The lowest BCUT2D eigenvalue weighted by molar-refractivity contribution is -0.135. The molecule has 0 amide bonds. The molecular formula is C16H36N2O4. The van der Waals surface area contributed by atoms with Crippen molar-refractivity contribution in [3.8, 4) is 0 Å². The van der Waals surface area contributed by atoms with Gasteiger partial charge in [0, 0.05) is 26.9 Å². The SMILES string of the molecule is CC(=O)O.CC(=O)O.CC(C)CCNCCNCCC(C)C. The van der Waals surface area contributed by atoms with Crippen LogP contribution in [0.3, 0.4) is 0 Å². The van der Waals surface area contributed by atoms with Gasteiger partial charge in [0.05, 0.1) is 0 Å².